The predicted molar refractivity (Wildman–Crippen MR) is 136 cm³/mol. The molecule has 6 nitrogen and oxygen atoms in total. The Morgan fingerprint density at radius 1 is 1.06 bits per heavy atom. The quantitative estimate of drug-likeness (QED) is 0.249. The van der Waals surface area contributed by atoms with Gasteiger partial charge in [0.2, 0.25) is 0 Å². The molecule has 178 valence electrons. The third-order valence-electron chi connectivity index (χ3n) is 6.90. The summed E-state index contributed by atoms with van der Waals surface area (Å²) in [5, 5.41) is 13.4. The third-order valence-corrected chi connectivity index (χ3v) is 6.90. The van der Waals surface area contributed by atoms with E-state index in [1.807, 2.05) is 67.6 Å². The van der Waals surface area contributed by atoms with Gasteiger partial charge >= 0.3 is 0 Å². The maximum absolute atomic E-state index is 13.5. The molecule has 2 atom stereocenters. The van der Waals surface area contributed by atoms with Crippen molar-refractivity contribution >= 4 is 28.2 Å². The molecule has 2 aliphatic heterocycles. The lowest BCUT2D eigenvalue weighted by Gasteiger charge is -2.26. The van der Waals surface area contributed by atoms with Crippen molar-refractivity contribution in [3.63, 3.8) is 0 Å². The Kier molecular flexibility index (Phi) is 5.29. The number of ether oxygens (including phenoxy) is 1. The predicted octanol–water partition coefficient (Wildman–Crippen LogP) is 5.18. The standard InChI is InChI=1S/C30H24N2O4/c1-18-14-22-15-21(11-12-25(22)36-18)28(33)26-27(24-10-4-8-20-7-2-3-9-23(20)24)32(30(35)29(26)34)17-19-6-5-13-31-16-19/h2-13,15-16,18,27,33H,14,17H2,1H3/b28-26+. The van der Waals surface area contributed by atoms with Crippen LogP contribution in [0.25, 0.3) is 16.5 Å². The zero-order valence-electron chi connectivity index (χ0n) is 19.7. The van der Waals surface area contributed by atoms with E-state index in [1.54, 1.807) is 24.5 Å². The monoisotopic (exact) mass is 476 g/mol. The molecule has 6 rings (SSSR count). The molecule has 2 unspecified atom stereocenters. The molecule has 1 aromatic heterocycles. The molecule has 0 spiro atoms. The van der Waals surface area contributed by atoms with Crippen LogP contribution in [-0.2, 0) is 22.6 Å². The number of hydrogen-bond donors (Lipinski definition) is 1. The number of nitrogens with zero attached hydrogens (tertiary/aromatic N) is 2. The van der Waals surface area contributed by atoms with Crippen LogP contribution in [0.5, 0.6) is 5.75 Å². The lowest BCUT2D eigenvalue weighted by Crippen LogP contribution is -2.29. The Balaban J connectivity index is 1.54. The maximum Gasteiger partial charge on any atom is 0.295 e. The van der Waals surface area contributed by atoms with Gasteiger partial charge in [-0.25, -0.2) is 0 Å². The van der Waals surface area contributed by atoms with E-state index in [2.05, 4.69) is 4.98 Å². The summed E-state index contributed by atoms with van der Waals surface area (Å²) in [4.78, 5) is 32.6. The van der Waals surface area contributed by atoms with Crippen LogP contribution in [-0.4, -0.2) is 32.8 Å². The minimum atomic E-state index is -0.750. The van der Waals surface area contributed by atoms with Crippen LogP contribution in [0.2, 0.25) is 0 Å². The Morgan fingerprint density at radius 2 is 1.89 bits per heavy atom. The lowest BCUT2D eigenvalue weighted by molar-refractivity contribution is -0.140. The summed E-state index contributed by atoms with van der Waals surface area (Å²) in [6, 6.07) is 22.0. The van der Waals surface area contributed by atoms with Crippen molar-refractivity contribution in [2.24, 2.45) is 0 Å². The summed E-state index contributed by atoms with van der Waals surface area (Å²) in [5.41, 5.74) is 3.14. The minimum Gasteiger partial charge on any atom is -0.507 e. The maximum atomic E-state index is 13.5. The first-order valence-corrected chi connectivity index (χ1v) is 12.0. The van der Waals surface area contributed by atoms with E-state index >= 15 is 0 Å². The van der Waals surface area contributed by atoms with E-state index in [-0.39, 0.29) is 24.0 Å². The van der Waals surface area contributed by atoms with Crippen LogP contribution in [0.3, 0.4) is 0 Å². The van der Waals surface area contributed by atoms with Gasteiger partial charge in [-0.3, -0.25) is 14.6 Å². The third kappa shape index (κ3) is 3.62. The highest BCUT2D eigenvalue weighted by atomic mass is 16.5. The molecule has 3 aromatic carbocycles. The van der Waals surface area contributed by atoms with Gasteiger partial charge < -0.3 is 14.7 Å². The van der Waals surface area contributed by atoms with E-state index in [0.29, 0.717) is 5.56 Å². The molecule has 1 N–H and O–H groups in total. The topological polar surface area (TPSA) is 79.7 Å². The smallest absolute Gasteiger partial charge is 0.295 e. The minimum absolute atomic E-state index is 0.0538. The number of benzene rings is 3. The first-order valence-electron chi connectivity index (χ1n) is 12.0. The highest BCUT2D eigenvalue weighted by Crippen LogP contribution is 2.43. The number of Topliss-reactive ketones (excluding diaryl/α,β-unsaturated/α-hetero) is 1. The number of carbonyl (C=O) groups is 2. The van der Waals surface area contributed by atoms with Crippen molar-refractivity contribution in [2.75, 3.05) is 0 Å². The molecule has 6 heteroatoms. The Hall–Kier alpha value is -4.45. The number of aromatic nitrogens is 1. The number of pyridine rings is 1. The fraction of sp³-hybridized carbons (Fsp3) is 0.167. The van der Waals surface area contributed by atoms with Crippen LogP contribution in [0, 0.1) is 0 Å². The number of aliphatic hydroxyl groups is 1. The molecular weight excluding hydrogens is 452 g/mol. The fourth-order valence-electron chi connectivity index (χ4n) is 5.27. The summed E-state index contributed by atoms with van der Waals surface area (Å²) in [6.45, 7) is 2.18. The van der Waals surface area contributed by atoms with Crippen molar-refractivity contribution in [1.82, 2.24) is 9.88 Å². The van der Waals surface area contributed by atoms with Gasteiger partial charge in [-0.1, -0.05) is 48.5 Å². The van der Waals surface area contributed by atoms with E-state index in [0.717, 1.165) is 39.6 Å². The zero-order chi connectivity index (χ0) is 24.8. The van der Waals surface area contributed by atoms with Crippen LogP contribution in [0.4, 0.5) is 0 Å². The molecule has 2 aliphatic rings. The molecular formula is C30H24N2O4. The van der Waals surface area contributed by atoms with Gasteiger partial charge in [0.25, 0.3) is 11.7 Å². The normalized spacial score (nSPS) is 20.5. The highest BCUT2D eigenvalue weighted by molar-refractivity contribution is 6.46. The van der Waals surface area contributed by atoms with Crippen LogP contribution in [0.1, 0.15) is 35.2 Å². The number of rotatable bonds is 4. The van der Waals surface area contributed by atoms with Gasteiger partial charge in [0.15, 0.2) is 0 Å². The first kappa shape index (κ1) is 22.0. The van der Waals surface area contributed by atoms with Crippen molar-refractivity contribution in [1.29, 1.82) is 0 Å². The van der Waals surface area contributed by atoms with Crippen molar-refractivity contribution in [3.05, 3.63) is 113 Å². The molecule has 0 radical (unpaired) electrons. The average Bonchev–Trinajstić information content (AvgIpc) is 3.39. The Labute approximate surface area is 208 Å². The molecule has 1 fully saturated rings. The van der Waals surface area contributed by atoms with E-state index in [4.69, 9.17) is 4.74 Å². The number of likely N-dealkylation sites (tertiary alicyclic amines) is 1. The summed E-state index contributed by atoms with van der Waals surface area (Å²) in [6.07, 6.45) is 4.12. The van der Waals surface area contributed by atoms with Gasteiger partial charge in [-0.2, -0.15) is 0 Å². The largest absolute Gasteiger partial charge is 0.507 e. The van der Waals surface area contributed by atoms with Crippen molar-refractivity contribution in [2.45, 2.75) is 32.0 Å². The fourth-order valence-corrected chi connectivity index (χ4v) is 5.27. The summed E-state index contributed by atoms with van der Waals surface area (Å²) in [5.74, 6) is -0.736. The van der Waals surface area contributed by atoms with E-state index < -0.39 is 17.7 Å². The Bertz CT molecular complexity index is 1540. The van der Waals surface area contributed by atoms with E-state index in [1.165, 1.54) is 4.90 Å². The second-order valence-corrected chi connectivity index (χ2v) is 9.31. The summed E-state index contributed by atoms with van der Waals surface area (Å²) in [7, 11) is 0. The molecule has 3 heterocycles. The van der Waals surface area contributed by atoms with Crippen molar-refractivity contribution in [3.8, 4) is 5.75 Å². The van der Waals surface area contributed by atoms with Gasteiger partial charge in [0.1, 0.15) is 17.6 Å². The van der Waals surface area contributed by atoms with Gasteiger partial charge in [0, 0.05) is 30.9 Å². The number of carbonyl (C=O) groups excluding carboxylic acids is 2. The highest BCUT2D eigenvalue weighted by Gasteiger charge is 2.46. The van der Waals surface area contributed by atoms with Crippen LogP contribution in [0.15, 0.2) is 90.8 Å². The molecule has 4 aromatic rings. The van der Waals surface area contributed by atoms with Crippen molar-refractivity contribution < 1.29 is 19.4 Å². The number of ketones is 1. The number of fused-ring (bicyclic) bond motifs is 2. The second kappa shape index (κ2) is 8.64. The Morgan fingerprint density at radius 3 is 2.72 bits per heavy atom. The first-order chi connectivity index (χ1) is 17.5. The lowest BCUT2D eigenvalue weighted by atomic mass is 9.91. The van der Waals surface area contributed by atoms with Crippen LogP contribution >= 0.6 is 0 Å². The number of aliphatic hydroxyl groups excluding tert-OH is 1. The SMILES string of the molecule is CC1Cc2cc(/C(O)=C3\C(=O)C(=O)N(Cc4cccnc4)C3c3cccc4ccccc34)ccc2O1. The molecule has 36 heavy (non-hydrogen) atoms. The molecule has 1 saturated heterocycles. The van der Waals surface area contributed by atoms with Gasteiger partial charge in [-0.15, -0.1) is 0 Å². The molecule has 0 saturated carbocycles. The van der Waals surface area contributed by atoms with E-state index in [9.17, 15) is 14.7 Å². The summed E-state index contributed by atoms with van der Waals surface area (Å²) < 4.78 is 5.79. The average molecular weight is 477 g/mol. The van der Waals surface area contributed by atoms with Crippen LogP contribution < -0.4 is 4.74 Å². The molecule has 1 amide bonds. The molecule has 0 aliphatic carbocycles. The van der Waals surface area contributed by atoms with Gasteiger partial charge in [-0.05, 0) is 58.7 Å². The summed E-state index contributed by atoms with van der Waals surface area (Å²) >= 11 is 0. The zero-order valence-corrected chi connectivity index (χ0v) is 19.7. The molecule has 0 bridgehead atoms. The second-order valence-electron chi connectivity index (χ2n) is 9.31. The number of amides is 1. The van der Waals surface area contributed by atoms with Gasteiger partial charge in [0.05, 0.1) is 11.6 Å². The number of hydrogen-bond acceptors (Lipinski definition) is 5.